The third-order valence-electron chi connectivity index (χ3n) is 3.37. The second-order valence-electron chi connectivity index (χ2n) is 4.54. The van der Waals surface area contributed by atoms with Crippen LogP contribution in [0.25, 0.3) is 0 Å². The molecule has 88 valence electrons. The monoisotopic (exact) mass is 219 g/mol. The van der Waals surface area contributed by atoms with E-state index in [0.717, 1.165) is 18.9 Å². The van der Waals surface area contributed by atoms with Crippen molar-refractivity contribution in [1.82, 2.24) is 4.90 Å². The predicted octanol–water partition coefficient (Wildman–Crippen LogP) is 2.51. The Hall–Kier alpha value is -0.860. The maximum Gasteiger partial charge on any atom is 0.0474 e. The van der Waals surface area contributed by atoms with E-state index in [1.807, 2.05) is 0 Å². The van der Waals surface area contributed by atoms with Crippen molar-refractivity contribution in [3.05, 3.63) is 35.9 Å². The standard InChI is InChI=1S/C14H21NO/c1-16-11-5-9-15-10-8-14(12-15)13-6-3-2-4-7-13/h2-4,6-7,14H,5,8-12H2,1H3/t14-/m1/s1. The van der Waals surface area contributed by atoms with Gasteiger partial charge in [-0.05, 0) is 30.9 Å². The van der Waals surface area contributed by atoms with Gasteiger partial charge in [-0.25, -0.2) is 0 Å². The van der Waals surface area contributed by atoms with Gasteiger partial charge in [0.05, 0.1) is 0 Å². The predicted molar refractivity (Wildman–Crippen MR) is 66.7 cm³/mol. The van der Waals surface area contributed by atoms with E-state index in [1.54, 1.807) is 7.11 Å². The van der Waals surface area contributed by atoms with Gasteiger partial charge in [0, 0.05) is 26.8 Å². The first-order valence-electron chi connectivity index (χ1n) is 6.16. The fraction of sp³-hybridized carbons (Fsp3) is 0.571. The minimum atomic E-state index is 0.740. The normalized spacial score (nSPS) is 21.4. The first-order valence-corrected chi connectivity index (χ1v) is 6.16. The molecule has 0 bridgehead atoms. The summed E-state index contributed by atoms with van der Waals surface area (Å²) in [5, 5.41) is 0. The summed E-state index contributed by atoms with van der Waals surface area (Å²) in [6, 6.07) is 10.9. The van der Waals surface area contributed by atoms with Gasteiger partial charge in [0.25, 0.3) is 0 Å². The van der Waals surface area contributed by atoms with E-state index in [9.17, 15) is 0 Å². The molecule has 1 heterocycles. The molecule has 1 aliphatic rings. The minimum absolute atomic E-state index is 0.740. The number of rotatable bonds is 5. The molecule has 1 aromatic carbocycles. The van der Waals surface area contributed by atoms with Crippen LogP contribution in [0.1, 0.15) is 24.3 Å². The Morgan fingerprint density at radius 3 is 2.88 bits per heavy atom. The summed E-state index contributed by atoms with van der Waals surface area (Å²) in [5.41, 5.74) is 1.50. The molecule has 1 atom stereocenters. The molecular formula is C14H21NO. The average molecular weight is 219 g/mol. The molecule has 1 fully saturated rings. The van der Waals surface area contributed by atoms with Crippen molar-refractivity contribution in [3.63, 3.8) is 0 Å². The van der Waals surface area contributed by atoms with Crippen molar-refractivity contribution in [2.75, 3.05) is 33.4 Å². The van der Waals surface area contributed by atoms with Crippen LogP contribution in [0.4, 0.5) is 0 Å². The highest BCUT2D eigenvalue weighted by Crippen LogP contribution is 2.26. The Labute approximate surface area is 98.2 Å². The Kier molecular flexibility index (Phi) is 4.37. The Morgan fingerprint density at radius 2 is 2.12 bits per heavy atom. The van der Waals surface area contributed by atoms with Crippen LogP contribution in [0, 0.1) is 0 Å². The van der Waals surface area contributed by atoms with Crippen molar-refractivity contribution in [3.8, 4) is 0 Å². The third kappa shape index (κ3) is 3.06. The van der Waals surface area contributed by atoms with Gasteiger partial charge in [0.15, 0.2) is 0 Å². The third-order valence-corrected chi connectivity index (χ3v) is 3.37. The lowest BCUT2D eigenvalue weighted by Crippen LogP contribution is -2.22. The highest BCUT2D eigenvalue weighted by Gasteiger charge is 2.22. The number of hydrogen-bond donors (Lipinski definition) is 0. The van der Waals surface area contributed by atoms with Crippen LogP contribution in [0.3, 0.4) is 0 Å². The minimum Gasteiger partial charge on any atom is -0.385 e. The molecule has 0 amide bonds. The van der Waals surface area contributed by atoms with Gasteiger partial charge in [0.2, 0.25) is 0 Å². The molecule has 0 unspecified atom stereocenters. The lowest BCUT2D eigenvalue weighted by Gasteiger charge is -2.15. The molecule has 16 heavy (non-hydrogen) atoms. The van der Waals surface area contributed by atoms with Gasteiger partial charge in [-0.3, -0.25) is 0 Å². The summed E-state index contributed by atoms with van der Waals surface area (Å²) < 4.78 is 5.09. The van der Waals surface area contributed by atoms with E-state index in [1.165, 1.54) is 31.6 Å². The maximum atomic E-state index is 5.09. The average Bonchev–Trinajstić information content (AvgIpc) is 2.79. The van der Waals surface area contributed by atoms with E-state index >= 15 is 0 Å². The fourth-order valence-corrected chi connectivity index (χ4v) is 2.47. The van der Waals surface area contributed by atoms with Gasteiger partial charge >= 0.3 is 0 Å². The number of nitrogens with zero attached hydrogens (tertiary/aromatic N) is 1. The van der Waals surface area contributed by atoms with Crippen molar-refractivity contribution in [2.45, 2.75) is 18.8 Å². The topological polar surface area (TPSA) is 12.5 Å². The zero-order valence-corrected chi connectivity index (χ0v) is 10.1. The Morgan fingerprint density at radius 1 is 1.31 bits per heavy atom. The fourth-order valence-electron chi connectivity index (χ4n) is 2.47. The molecule has 0 aromatic heterocycles. The van der Waals surface area contributed by atoms with Crippen molar-refractivity contribution in [1.29, 1.82) is 0 Å². The Balaban J connectivity index is 1.79. The SMILES string of the molecule is COCCCN1CC[C@@H](c2ccccc2)C1. The zero-order valence-electron chi connectivity index (χ0n) is 10.1. The van der Waals surface area contributed by atoms with Crippen molar-refractivity contribution < 1.29 is 4.74 Å². The number of methoxy groups -OCH3 is 1. The van der Waals surface area contributed by atoms with Crippen LogP contribution in [0.15, 0.2) is 30.3 Å². The van der Waals surface area contributed by atoms with Crippen LogP contribution in [0.5, 0.6) is 0 Å². The number of likely N-dealkylation sites (tertiary alicyclic amines) is 1. The smallest absolute Gasteiger partial charge is 0.0474 e. The molecule has 2 nitrogen and oxygen atoms in total. The van der Waals surface area contributed by atoms with E-state index < -0.39 is 0 Å². The molecule has 0 aliphatic carbocycles. The summed E-state index contributed by atoms with van der Waals surface area (Å²) in [5.74, 6) is 0.740. The lowest BCUT2D eigenvalue weighted by atomic mass is 9.99. The van der Waals surface area contributed by atoms with Crippen molar-refractivity contribution in [2.24, 2.45) is 0 Å². The lowest BCUT2D eigenvalue weighted by molar-refractivity contribution is 0.179. The van der Waals surface area contributed by atoms with Crippen LogP contribution in [0.2, 0.25) is 0 Å². The summed E-state index contributed by atoms with van der Waals surface area (Å²) in [7, 11) is 1.77. The first kappa shape index (κ1) is 11.6. The van der Waals surface area contributed by atoms with E-state index in [2.05, 4.69) is 35.2 Å². The molecule has 0 N–H and O–H groups in total. The van der Waals surface area contributed by atoms with E-state index in [4.69, 9.17) is 4.74 Å². The molecule has 1 aliphatic heterocycles. The molecule has 1 aromatic rings. The van der Waals surface area contributed by atoms with Gasteiger partial charge in [-0.1, -0.05) is 30.3 Å². The Bertz CT molecular complexity index is 299. The summed E-state index contributed by atoms with van der Waals surface area (Å²) in [6.07, 6.45) is 2.45. The molecule has 2 heteroatoms. The molecule has 0 saturated carbocycles. The number of hydrogen-bond acceptors (Lipinski definition) is 2. The summed E-state index contributed by atoms with van der Waals surface area (Å²) in [4.78, 5) is 2.55. The number of benzene rings is 1. The quantitative estimate of drug-likeness (QED) is 0.706. The molecular weight excluding hydrogens is 198 g/mol. The second-order valence-corrected chi connectivity index (χ2v) is 4.54. The van der Waals surface area contributed by atoms with E-state index in [-0.39, 0.29) is 0 Å². The van der Waals surface area contributed by atoms with Crippen molar-refractivity contribution >= 4 is 0 Å². The van der Waals surface area contributed by atoms with Gasteiger partial charge in [0.1, 0.15) is 0 Å². The van der Waals surface area contributed by atoms with E-state index in [0.29, 0.717) is 0 Å². The molecule has 2 rings (SSSR count). The highest BCUT2D eigenvalue weighted by molar-refractivity contribution is 5.20. The van der Waals surface area contributed by atoms with Crippen LogP contribution < -0.4 is 0 Å². The first-order chi connectivity index (χ1) is 7.90. The largest absolute Gasteiger partial charge is 0.385 e. The molecule has 0 spiro atoms. The molecule has 1 saturated heterocycles. The van der Waals surface area contributed by atoms with Crippen LogP contribution in [-0.4, -0.2) is 38.3 Å². The second kappa shape index (κ2) is 6.02. The zero-order chi connectivity index (χ0) is 11.2. The highest BCUT2D eigenvalue weighted by atomic mass is 16.5. The van der Waals surface area contributed by atoms with Crippen LogP contribution >= 0.6 is 0 Å². The molecule has 0 radical (unpaired) electrons. The van der Waals surface area contributed by atoms with Gasteiger partial charge < -0.3 is 9.64 Å². The summed E-state index contributed by atoms with van der Waals surface area (Å²) in [6.45, 7) is 4.51. The summed E-state index contributed by atoms with van der Waals surface area (Å²) >= 11 is 0. The van der Waals surface area contributed by atoms with Gasteiger partial charge in [-0.2, -0.15) is 0 Å². The number of ether oxygens (including phenoxy) is 1. The van der Waals surface area contributed by atoms with Gasteiger partial charge in [-0.15, -0.1) is 0 Å². The van der Waals surface area contributed by atoms with Crippen LogP contribution in [-0.2, 0) is 4.74 Å². The maximum absolute atomic E-state index is 5.09.